The van der Waals surface area contributed by atoms with Crippen molar-refractivity contribution >= 4 is 5.97 Å². The summed E-state index contributed by atoms with van der Waals surface area (Å²) in [6, 6.07) is 7.79. The molecular weight excluding hydrogens is 218 g/mol. The predicted molar refractivity (Wildman–Crippen MR) is 65.3 cm³/mol. The number of hydrogen-bond acceptors (Lipinski definition) is 4. The van der Waals surface area contributed by atoms with Gasteiger partial charge >= 0.3 is 5.97 Å². The maximum Gasteiger partial charge on any atom is 0.305 e. The summed E-state index contributed by atoms with van der Waals surface area (Å²) in [6.45, 7) is 1.64. The van der Waals surface area contributed by atoms with E-state index in [9.17, 15) is 4.79 Å². The van der Waals surface area contributed by atoms with Crippen LogP contribution < -0.4 is 5.32 Å². The molecule has 94 valence electrons. The first kappa shape index (κ1) is 13.7. The van der Waals surface area contributed by atoms with Gasteiger partial charge in [-0.2, -0.15) is 0 Å². The molecule has 4 heteroatoms. The summed E-state index contributed by atoms with van der Waals surface area (Å²) in [4.78, 5) is 10.8. The molecule has 0 aromatic heterocycles. The van der Waals surface area contributed by atoms with E-state index in [1.54, 1.807) is 0 Å². The van der Waals surface area contributed by atoms with Gasteiger partial charge in [0.2, 0.25) is 0 Å². The Labute approximate surface area is 102 Å². The number of esters is 1. The smallest absolute Gasteiger partial charge is 0.305 e. The van der Waals surface area contributed by atoms with Crippen LogP contribution in [0, 0.1) is 0 Å². The van der Waals surface area contributed by atoms with E-state index in [4.69, 9.17) is 5.11 Å². The standard InChI is InChI=1S/C13H19NO3/c1-17-13(16)3-2-8-14-9-11-4-6-12(10-15)7-5-11/h4-7,14-15H,2-3,8-10H2,1H3. The molecule has 0 spiro atoms. The second kappa shape index (κ2) is 7.81. The van der Waals surface area contributed by atoms with Crippen LogP contribution in [0.25, 0.3) is 0 Å². The normalized spacial score (nSPS) is 10.2. The van der Waals surface area contributed by atoms with Gasteiger partial charge in [0.05, 0.1) is 13.7 Å². The molecule has 0 unspecified atom stereocenters. The molecule has 0 aliphatic heterocycles. The second-order valence-electron chi connectivity index (χ2n) is 3.83. The molecule has 0 amide bonds. The van der Waals surface area contributed by atoms with E-state index < -0.39 is 0 Å². The van der Waals surface area contributed by atoms with Crippen molar-refractivity contribution in [3.63, 3.8) is 0 Å². The minimum atomic E-state index is -0.168. The monoisotopic (exact) mass is 237 g/mol. The number of rotatable bonds is 7. The highest BCUT2D eigenvalue weighted by molar-refractivity contribution is 5.69. The van der Waals surface area contributed by atoms with E-state index in [2.05, 4.69) is 10.1 Å². The third-order valence-corrected chi connectivity index (χ3v) is 2.50. The topological polar surface area (TPSA) is 58.6 Å². The Balaban J connectivity index is 2.15. The van der Waals surface area contributed by atoms with Crippen LogP contribution in [0.2, 0.25) is 0 Å². The van der Waals surface area contributed by atoms with Crippen molar-refractivity contribution in [3.8, 4) is 0 Å². The van der Waals surface area contributed by atoms with Crippen LogP contribution in [0.1, 0.15) is 24.0 Å². The third-order valence-electron chi connectivity index (χ3n) is 2.50. The predicted octanol–water partition coefficient (Wildman–Crippen LogP) is 1.22. The lowest BCUT2D eigenvalue weighted by molar-refractivity contribution is -0.140. The Kier molecular flexibility index (Phi) is 6.29. The third kappa shape index (κ3) is 5.47. The number of aliphatic hydroxyl groups excluding tert-OH is 1. The molecule has 0 saturated carbocycles. The zero-order valence-electron chi connectivity index (χ0n) is 10.1. The van der Waals surface area contributed by atoms with E-state index in [0.29, 0.717) is 6.42 Å². The number of benzene rings is 1. The Morgan fingerprint density at radius 2 is 1.94 bits per heavy atom. The Morgan fingerprint density at radius 3 is 2.53 bits per heavy atom. The molecule has 0 bridgehead atoms. The Hall–Kier alpha value is -1.39. The van der Waals surface area contributed by atoms with Crippen molar-refractivity contribution in [2.24, 2.45) is 0 Å². The van der Waals surface area contributed by atoms with Crippen molar-refractivity contribution in [2.45, 2.75) is 26.0 Å². The van der Waals surface area contributed by atoms with Crippen LogP contribution in [0.15, 0.2) is 24.3 Å². The van der Waals surface area contributed by atoms with Gasteiger partial charge in [0, 0.05) is 13.0 Å². The van der Waals surface area contributed by atoms with Gasteiger partial charge in [-0.05, 0) is 24.1 Å². The van der Waals surface area contributed by atoms with Gasteiger partial charge in [0.25, 0.3) is 0 Å². The lowest BCUT2D eigenvalue weighted by Crippen LogP contribution is -2.16. The summed E-state index contributed by atoms with van der Waals surface area (Å²) in [7, 11) is 1.40. The first-order valence-electron chi connectivity index (χ1n) is 5.72. The van der Waals surface area contributed by atoms with Gasteiger partial charge in [-0.15, -0.1) is 0 Å². The molecule has 2 N–H and O–H groups in total. The van der Waals surface area contributed by atoms with Crippen LogP contribution in [0.4, 0.5) is 0 Å². The molecule has 1 aromatic rings. The minimum absolute atomic E-state index is 0.0762. The number of carbonyl (C=O) groups excluding carboxylic acids is 1. The first-order valence-corrected chi connectivity index (χ1v) is 5.72. The van der Waals surface area contributed by atoms with E-state index in [1.165, 1.54) is 12.7 Å². The highest BCUT2D eigenvalue weighted by Gasteiger charge is 1.99. The molecule has 0 heterocycles. The maximum atomic E-state index is 10.8. The molecule has 4 nitrogen and oxygen atoms in total. The molecule has 1 aromatic carbocycles. The van der Waals surface area contributed by atoms with E-state index in [0.717, 1.165) is 25.1 Å². The zero-order chi connectivity index (χ0) is 12.5. The van der Waals surface area contributed by atoms with Crippen LogP contribution >= 0.6 is 0 Å². The van der Waals surface area contributed by atoms with Crippen molar-refractivity contribution in [1.82, 2.24) is 5.32 Å². The van der Waals surface area contributed by atoms with Crippen LogP contribution in [-0.2, 0) is 22.7 Å². The van der Waals surface area contributed by atoms with Crippen LogP contribution in [-0.4, -0.2) is 24.7 Å². The van der Waals surface area contributed by atoms with Crippen molar-refractivity contribution in [2.75, 3.05) is 13.7 Å². The molecule has 0 radical (unpaired) electrons. The average molecular weight is 237 g/mol. The van der Waals surface area contributed by atoms with Gasteiger partial charge in [0.15, 0.2) is 0 Å². The van der Waals surface area contributed by atoms with Gasteiger partial charge in [-0.1, -0.05) is 24.3 Å². The largest absolute Gasteiger partial charge is 0.469 e. The number of methoxy groups -OCH3 is 1. The van der Waals surface area contributed by atoms with Gasteiger partial charge in [-0.3, -0.25) is 4.79 Å². The molecular formula is C13H19NO3. The quantitative estimate of drug-likeness (QED) is 0.553. The van der Waals surface area contributed by atoms with E-state index >= 15 is 0 Å². The highest BCUT2D eigenvalue weighted by atomic mass is 16.5. The molecule has 0 atom stereocenters. The van der Waals surface area contributed by atoms with Crippen molar-refractivity contribution < 1.29 is 14.6 Å². The second-order valence-corrected chi connectivity index (χ2v) is 3.83. The van der Waals surface area contributed by atoms with Crippen molar-refractivity contribution in [3.05, 3.63) is 35.4 Å². The molecule has 1 rings (SSSR count). The molecule has 0 aliphatic rings. The SMILES string of the molecule is COC(=O)CCCNCc1ccc(CO)cc1. The van der Waals surface area contributed by atoms with Gasteiger partial charge in [-0.25, -0.2) is 0 Å². The average Bonchev–Trinajstić information content (AvgIpc) is 2.38. The summed E-state index contributed by atoms with van der Waals surface area (Å²) in [6.07, 6.45) is 1.23. The van der Waals surface area contributed by atoms with Crippen LogP contribution in [0.5, 0.6) is 0 Å². The summed E-state index contributed by atoms with van der Waals surface area (Å²) < 4.78 is 4.55. The number of hydrogen-bond donors (Lipinski definition) is 2. The van der Waals surface area contributed by atoms with Crippen molar-refractivity contribution in [1.29, 1.82) is 0 Å². The Bertz CT molecular complexity index is 335. The highest BCUT2D eigenvalue weighted by Crippen LogP contribution is 2.04. The minimum Gasteiger partial charge on any atom is -0.469 e. The zero-order valence-corrected chi connectivity index (χ0v) is 10.1. The summed E-state index contributed by atoms with van der Waals surface area (Å²) in [5.41, 5.74) is 2.08. The summed E-state index contributed by atoms with van der Waals surface area (Å²) in [5.74, 6) is -0.168. The number of nitrogens with one attached hydrogen (secondary N) is 1. The lowest BCUT2D eigenvalue weighted by Gasteiger charge is -2.05. The van der Waals surface area contributed by atoms with Crippen LogP contribution in [0.3, 0.4) is 0 Å². The molecule has 0 fully saturated rings. The number of ether oxygens (including phenoxy) is 1. The first-order chi connectivity index (χ1) is 8.26. The van der Waals surface area contributed by atoms with Gasteiger partial charge in [0.1, 0.15) is 0 Å². The fourth-order valence-electron chi connectivity index (χ4n) is 1.46. The molecule has 0 saturated heterocycles. The molecule has 17 heavy (non-hydrogen) atoms. The van der Waals surface area contributed by atoms with E-state index in [-0.39, 0.29) is 12.6 Å². The fourth-order valence-corrected chi connectivity index (χ4v) is 1.46. The number of carbonyl (C=O) groups is 1. The van der Waals surface area contributed by atoms with E-state index in [1.807, 2.05) is 24.3 Å². The number of aliphatic hydroxyl groups is 1. The summed E-state index contributed by atoms with van der Waals surface area (Å²) >= 11 is 0. The van der Waals surface area contributed by atoms with Gasteiger partial charge < -0.3 is 15.2 Å². The lowest BCUT2D eigenvalue weighted by atomic mass is 10.1. The summed E-state index contributed by atoms with van der Waals surface area (Å²) in [5, 5.41) is 12.1. The molecule has 0 aliphatic carbocycles. The Morgan fingerprint density at radius 1 is 1.29 bits per heavy atom. The fraction of sp³-hybridized carbons (Fsp3) is 0.462. The maximum absolute atomic E-state index is 10.8.